The quantitative estimate of drug-likeness (QED) is 0.340. The number of ether oxygens (including phenoxy) is 2. The molecule has 174 valence electrons. The fraction of sp³-hybridized carbons (Fsp3) is 0.120. The summed E-state index contributed by atoms with van der Waals surface area (Å²) in [4.78, 5) is 13.2. The number of aryl methyl sites for hydroxylation is 1. The summed E-state index contributed by atoms with van der Waals surface area (Å²) in [6.07, 6.45) is -4.62. The molecule has 0 saturated carbocycles. The summed E-state index contributed by atoms with van der Waals surface area (Å²) in [5, 5.41) is 6.48. The Labute approximate surface area is 192 Å². The van der Waals surface area contributed by atoms with E-state index in [2.05, 4.69) is 10.5 Å². The summed E-state index contributed by atoms with van der Waals surface area (Å²) in [6, 6.07) is 18.3. The number of anilines is 1. The second-order valence-corrected chi connectivity index (χ2v) is 7.24. The lowest BCUT2D eigenvalue weighted by Crippen LogP contribution is -2.15. The van der Waals surface area contributed by atoms with Gasteiger partial charge in [-0.05, 0) is 37.3 Å². The highest BCUT2D eigenvalue weighted by Crippen LogP contribution is 2.39. The van der Waals surface area contributed by atoms with Gasteiger partial charge in [-0.25, -0.2) is 0 Å². The summed E-state index contributed by atoms with van der Waals surface area (Å²) >= 11 is 0. The number of rotatable bonds is 6. The third kappa shape index (κ3) is 4.73. The van der Waals surface area contributed by atoms with Crippen molar-refractivity contribution in [3.8, 4) is 28.5 Å². The highest BCUT2D eigenvalue weighted by atomic mass is 19.4. The topological polar surface area (TPSA) is 73.6 Å². The largest absolute Gasteiger partial charge is 0.493 e. The molecule has 0 bridgehead atoms. The number of hydrogen-bond donors (Lipinski definition) is 1. The van der Waals surface area contributed by atoms with Gasteiger partial charge in [-0.3, -0.25) is 4.79 Å². The maximum Gasteiger partial charge on any atom is 0.416 e. The third-order valence-corrected chi connectivity index (χ3v) is 4.98. The zero-order chi connectivity index (χ0) is 24.3. The molecule has 4 aromatic rings. The lowest BCUT2D eigenvalue weighted by atomic mass is 10.1. The highest BCUT2D eigenvalue weighted by Gasteiger charge is 2.32. The molecule has 0 radical (unpaired) electrons. The Bertz CT molecular complexity index is 1320. The zero-order valence-corrected chi connectivity index (χ0v) is 18.1. The lowest BCUT2D eigenvalue weighted by Gasteiger charge is -2.16. The van der Waals surface area contributed by atoms with Crippen molar-refractivity contribution in [2.45, 2.75) is 13.1 Å². The van der Waals surface area contributed by atoms with Crippen LogP contribution in [0.1, 0.15) is 21.7 Å². The van der Waals surface area contributed by atoms with Crippen molar-refractivity contribution >= 4 is 11.6 Å². The summed E-state index contributed by atoms with van der Waals surface area (Å²) < 4.78 is 56.5. The Balaban J connectivity index is 1.74. The van der Waals surface area contributed by atoms with Gasteiger partial charge in [0.05, 0.1) is 18.4 Å². The van der Waals surface area contributed by atoms with Gasteiger partial charge in [0.2, 0.25) is 0 Å². The Kier molecular flexibility index (Phi) is 6.27. The molecule has 1 aromatic heterocycles. The minimum absolute atomic E-state index is 0.00113. The number of alkyl halides is 3. The van der Waals surface area contributed by atoms with Gasteiger partial charge >= 0.3 is 6.18 Å². The fourth-order valence-electron chi connectivity index (χ4n) is 3.33. The summed E-state index contributed by atoms with van der Waals surface area (Å²) in [5.74, 6) is 0.172. The van der Waals surface area contributed by atoms with E-state index in [1.165, 1.54) is 7.11 Å². The number of amides is 1. The van der Waals surface area contributed by atoms with Crippen LogP contribution in [0.3, 0.4) is 0 Å². The number of methoxy groups -OCH3 is 1. The van der Waals surface area contributed by atoms with Crippen LogP contribution in [-0.4, -0.2) is 18.2 Å². The van der Waals surface area contributed by atoms with Gasteiger partial charge in [0.15, 0.2) is 17.2 Å². The van der Waals surface area contributed by atoms with Crippen LogP contribution in [0.4, 0.5) is 18.9 Å². The van der Waals surface area contributed by atoms with Gasteiger partial charge in [-0.15, -0.1) is 0 Å². The zero-order valence-electron chi connectivity index (χ0n) is 18.1. The number of halogens is 3. The third-order valence-electron chi connectivity index (χ3n) is 4.98. The van der Waals surface area contributed by atoms with Crippen molar-refractivity contribution in [2.75, 3.05) is 12.4 Å². The molecule has 0 unspecified atom stereocenters. The molecule has 0 atom stereocenters. The average molecular weight is 468 g/mol. The highest BCUT2D eigenvalue weighted by molar-refractivity contribution is 6.09. The number of hydrogen-bond acceptors (Lipinski definition) is 5. The van der Waals surface area contributed by atoms with Crippen molar-refractivity contribution in [3.63, 3.8) is 0 Å². The first kappa shape index (κ1) is 22.9. The van der Waals surface area contributed by atoms with Gasteiger partial charge in [0, 0.05) is 5.56 Å². The van der Waals surface area contributed by atoms with Gasteiger partial charge in [-0.2, -0.15) is 13.2 Å². The van der Waals surface area contributed by atoms with E-state index >= 15 is 0 Å². The first-order valence-electron chi connectivity index (χ1n) is 10.1. The van der Waals surface area contributed by atoms with E-state index in [0.29, 0.717) is 11.3 Å². The number of aromatic nitrogens is 1. The molecule has 1 amide bonds. The van der Waals surface area contributed by atoms with Crippen molar-refractivity contribution in [3.05, 3.63) is 89.7 Å². The monoisotopic (exact) mass is 468 g/mol. The average Bonchev–Trinajstić information content (AvgIpc) is 3.22. The number of para-hydroxylation sites is 2. The Morgan fingerprint density at radius 2 is 1.62 bits per heavy atom. The van der Waals surface area contributed by atoms with Crippen molar-refractivity contribution in [1.29, 1.82) is 0 Å². The lowest BCUT2D eigenvalue weighted by molar-refractivity contribution is -0.137. The molecule has 1 heterocycles. The second-order valence-electron chi connectivity index (χ2n) is 7.24. The van der Waals surface area contributed by atoms with Gasteiger partial charge < -0.3 is 19.3 Å². The minimum atomic E-state index is -4.62. The number of nitrogens with one attached hydrogen (secondary N) is 1. The first-order chi connectivity index (χ1) is 16.3. The molecule has 0 spiro atoms. The number of carbonyl (C=O) groups is 1. The minimum Gasteiger partial charge on any atom is -0.493 e. The Hall–Kier alpha value is -4.27. The van der Waals surface area contributed by atoms with E-state index < -0.39 is 17.6 Å². The maximum absolute atomic E-state index is 13.4. The van der Waals surface area contributed by atoms with Crippen LogP contribution in [0.25, 0.3) is 11.3 Å². The molecule has 0 aliphatic rings. The molecular weight excluding hydrogens is 449 g/mol. The molecule has 0 fully saturated rings. The molecule has 3 aromatic carbocycles. The summed E-state index contributed by atoms with van der Waals surface area (Å²) in [7, 11) is 1.44. The van der Waals surface area contributed by atoms with E-state index in [-0.39, 0.29) is 34.2 Å². The molecular formula is C25H19F3N2O4. The Morgan fingerprint density at radius 1 is 0.941 bits per heavy atom. The smallest absolute Gasteiger partial charge is 0.416 e. The van der Waals surface area contributed by atoms with Gasteiger partial charge in [-0.1, -0.05) is 47.6 Å². The van der Waals surface area contributed by atoms with Crippen LogP contribution in [0.2, 0.25) is 0 Å². The molecule has 6 nitrogen and oxygen atoms in total. The van der Waals surface area contributed by atoms with Crippen molar-refractivity contribution < 1.29 is 32.0 Å². The maximum atomic E-state index is 13.4. The van der Waals surface area contributed by atoms with Crippen LogP contribution in [0, 0.1) is 6.92 Å². The molecule has 1 N–H and O–H groups in total. The van der Waals surface area contributed by atoms with E-state index in [4.69, 9.17) is 14.0 Å². The van der Waals surface area contributed by atoms with E-state index in [9.17, 15) is 18.0 Å². The van der Waals surface area contributed by atoms with E-state index in [1.54, 1.807) is 61.5 Å². The molecule has 0 aliphatic carbocycles. The number of benzene rings is 3. The first-order valence-corrected chi connectivity index (χ1v) is 10.1. The van der Waals surface area contributed by atoms with Crippen LogP contribution < -0.4 is 14.8 Å². The van der Waals surface area contributed by atoms with Crippen LogP contribution in [0.15, 0.2) is 77.3 Å². The predicted molar refractivity (Wildman–Crippen MR) is 119 cm³/mol. The van der Waals surface area contributed by atoms with Crippen molar-refractivity contribution in [2.24, 2.45) is 0 Å². The summed E-state index contributed by atoms with van der Waals surface area (Å²) in [6.45, 7) is 1.55. The fourth-order valence-corrected chi connectivity index (χ4v) is 3.33. The molecule has 9 heteroatoms. The second kappa shape index (κ2) is 9.30. The van der Waals surface area contributed by atoms with E-state index in [0.717, 1.165) is 18.2 Å². The van der Waals surface area contributed by atoms with Gasteiger partial charge in [0.25, 0.3) is 5.91 Å². The molecule has 0 aliphatic heterocycles. The predicted octanol–water partition coefficient (Wildman–Crippen LogP) is 6.72. The van der Waals surface area contributed by atoms with Crippen LogP contribution in [-0.2, 0) is 6.18 Å². The standard InChI is InChI=1S/C25H19F3N2O4/c1-15-22(23(30-34-15)16-8-4-3-5-9-16)24(31)29-18-14-17(25(26,27)28)12-13-19(18)33-21-11-7-6-10-20(21)32-2/h3-14H,1-2H3,(H,29,31). The summed E-state index contributed by atoms with van der Waals surface area (Å²) in [5.41, 5.74) is -0.119. The van der Waals surface area contributed by atoms with E-state index in [1.807, 2.05) is 0 Å². The molecule has 0 saturated heterocycles. The normalized spacial score (nSPS) is 11.2. The van der Waals surface area contributed by atoms with Crippen LogP contribution in [0.5, 0.6) is 17.2 Å². The Morgan fingerprint density at radius 3 is 2.29 bits per heavy atom. The van der Waals surface area contributed by atoms with Crippen LogP contribution >= 0.6 is 0 Å². The molecule has 4 rings (SSSR count). The number of nitrogens with zero attached hydrogens (tertiary/aromatic N) is 1. The SMILES string of the molecule is COc1ccccc1Oc1ccc(C(F)(F)F)cc1NC(=O)c1c(-c2ccccc2)noc1C. The molecule has 34 heavy (non-hydrogen) atoms. The van der Waals surface area contributed by atoms with Crippen molar-refractivity contribution in [1.82, 2.24) is 5.16 Å². The number of carbonyl (C=O) groups excluding carboxylic acids is 1. The van der Waals surface area contributed by atoms with Gasteiger partial charge in [0.1, 0.15) is 17.0 Å².